The predicted octanol–water partition coefficient (Wildman–Crippen LogP) is 0.624. The molecule has 0 aromatic carbocycles. The second-order valence-electron chi connectivity index (χ2n) is 5.36. The average Bonchev–Trinajstić information content (AvgIpc) is 2.83. The van der Waals surface area contributed by atoms with E-state index >= 15 is 0 Å². The molecule has 0 saturated carbocycles. The van der Waals surface area contributed by atoms with E-state index in [1.807, 2.05) is 11.5 Å². The van der Waals surface area contributed by atoms with Gasteiger partial charge >= 0.3 is 0 Å². The van der Waals surface area contributed by atoms with Gasteiger partial charge in [-0.25, -0.2) is 13.4 Å². The highest BCUT2D eigenvalue weighted by atomic mass is 35.5. The van der Waals surface area contributed by atoms with Crippen molar-refractivity contribution < 1.29 is 8.42 Å². The Morgan fingerprint density at radius 2 is 2.15 bits per heavy atom. The Morgan fingerprint density at radius 3 is 2.85 bits per heavy atom. The van der Waals surface area contributed by atoms with E-state index in [1.54, 1.807) is 10.5 Å². The molecular formula is C12H21ClN4O2S. The van der Waals surface area contributed by atoms with Gasteiger partial charge in [0.2, 0.25) is 0 Å². The van der Waals surface area contributed by atoms with Gasteiger partial charge in [0.15, 0.2) is 5.03 Å². The van der Waals surface area contributed by atoms with E-state index in [0.29, 0.717) is 19.6 Å². The van der Waals surface area contributed by atoms with Crippen LogP contribution >= 0.6 is 12.4 Å². The fraction of sp³-hybridized carbons (Fsp3) is 0.750. The molecule has 114 valence electrons. The smallest absolute Gasteiger partial charge is 0.262 e. The fourth-order valence-corrected chi connectivity index (χ4v) is 4.26. The Kier molecular flexibility index (Phi) is 4.73. The molecule has 2 aliphatic rings. The number of nitrogens with one attached hydrogen (secondary N) is 1. The molecule has 8 heteroatoms. The number of nitrogens with zero attached hydrogens (tertiary/aromatic N) is 3. The van der Waals surface area contributed by atoms with Gasteiger partial charge in [-0.05, 0) is 19.8 Å². The average molecular weight is 321 g/mol. The van der Waals surface area contributed by atoms with Crippen LogP contribution in [-0.4, -0.2) is 48.0 Å². The number of sulfonamides is 1. The molecule has 0 unspecified atom stereocenters. The van der Waals surface area contributed by atoms with Crippen LogP contribution in [0.5, 0.6) is 0 Å². The molecule has 0 spiro atoms. The highest BCUT2D eigenvalue weighted by Crippen LogP contribution is 2.20. The first-order chi connectivity index (χ1) is 9.07. The number of hydrogen-bond acceptors (Lipinski definition) is 4. The van der Waals surface area contributed by atoms with Gasteiger partial charge in [0.25, 0.3) is 10.0 Å². The van der Waals surface area contributed by atoms with E-state index < -0.39 is 10.0 Å². The minimum absolute atomic E-state index is 0. The Bertz CT molecular complexity index is 549. The maximum absolute atomic E-state index is 12.6. The van der Waals surface area contributed by atoms with Crippen LogP contribution in [0.2, 0.25) is 0 Å². The molecular weight excluding hydrogens is 300 g/mol. The first kappa shape index (κ1) is 15.8. The number of hydrogen-bond donors (Lipinski definition) is 1. The fourth-order valence-electron chi connectivity index (χ4n) is 2.76. The molecule has 0 bridgehead atoms. The lowest BCUT2D eigenvalue weighted by atomic mass is 10.2. The summed E-state index contributed by atoms with van der Waals surface area (Å²) in [4.78, 5) is 4.34. The minimum Gasteiger partial charge on any atom is -0.333 e. The van der Waals surface area contributed by atoms with Crippen molar-refractivity contribution in [2.24, 2.45) is 0 Å². The summed E-state index contributed by atoms with van der Waals surface area (Å²) in [5.41, 5.74) is 0. The number of halogens is 1. The van der Waals surface area contributed by atoms with Gasteiger partial charge in [-0.15, -0.1) is 12.4 Å². The number of aryl methyl sites for hydroxylation is 2. The van der Waals surface area contributed by atoms with Crippen LogP contribution in [-0.2, 0) is 23.0 Å². The predicted molar refractivity (Wildman–Crippen MR) is 78.6 cm³/mol. The van der Waals surface area contributed by atoms with Crippen LogP contribution in [0, 0.1) is 0 Å². The molecule has 6 nitrogen and oxygen atoms in total. The van der Waals surface area contributed by atoms with Crippen LogP contribution in [0.4, 0.5) is 0 Å². The van der Waals surface area contributed by atoms with Crippen molar-refractivity contribution in [2.45, 2.75) is 43.8 Å². The van der Waals surface area contributed by atoms with E-state index in [4.69, 9.17) is 0 Å². The normalized spacial score (nSPS) is 23.9. The van der Waals surface area contributed by atoms with Crippen molar-refractivity contribution in [1.82, 2.24) is 19.2 Å². The molecule has 1 saturated heterocycles. The molecule has 1 atom stereocenters. The summed E-state index contributed by atoms with van der Waals surface area (Å²) in [6.07, 6.45) is 4.79. The third-order valence-corrected chi connectivity index (χ3v) is 5.56. The Balaban J connectivity index is 0.00000147. The van der Waals surface area contributed by atoms with E-state index in [0.717, 1.165) is 31.6 Å². The van der Waals surface area contributed by atoms with E-state index in [1.165, 1.54) is 0 Å². The third kappa shape index (κ3) is 2.86. The van der Waals surface area contributed by atoms with Crippen molar-refractivity contribution >= 4 is 22.4 Å². The largest absolute Gasteiger partial charge is 0.333 e. The molecule has 0 radical (unpaired) electrons. The second kappa shape index (κ2) is 6.01. The summed E-state index contributed by atoms with van der Waals surface area (Å²) < 4.78 is 28.7. The van der Waals surface area contributed by atoms with Crippen molar-refractivity contribution in [2.75, 3.05) is 19.6 Å². The van der Waals surface area contributed by atoms with Crippen LogP contribution in [0.25, 0.3) is 0 Å². The van der Waals surface area contributed by atoms with Crippen molar-refractivity contribution in [3.05, 3.63) is 12.0 Å². The monoisotopic (exact) mass is 320 g/mol. The zero-order chi connectivity index (χ0) is 13.5. The van der Waals surface area contributed by atoms with E-state index in [2.05, 4.69) is 10.3 Å². The number of aromatic nitrogens is 2. The molecule has 1 aromatic rings. The SMILES string of the molecule is C[C@H]1CN(S(=O)(=O)c2cn3c(n2)CCCC3)CCN1.Cl. The van der Waals surface area contributed by atoms with Gasteiger partial charge in [-0.3, -0.25) is 0 Å². The van der Waals surface area contributed by atoms with Gasteiger partial charge in [-0.2, -0.15) is 4.31 Å². The topological polar surface area (TPSA) is 67.2 Å². The summed E-state index contributed by atoms with van der Waals surface area (Å²) in [6.45, 7) is 4.63. The second-order valence-corrected chi connectivity index (χ2v) is 7.25. The third-order valence-electron chi connectivity index (χ3n) is 3.82. The maximum atomic E-state index is 12.6. The molecule has 2 aliphatic heterocycles. The van der Waals surface area contributed by atoms with Crippen LogP contribution < -0.4 is 5.32 Å². The van der Waals surface area contributed by atoms with Gasteiger partial charge in [0.1, 0.15) is 5.82 Å². The van der Waals surface area contributed by atoms with Crippen molar-refractivity contribution in [3.63, 3.8) is 0 Å². The lowest BCUT2D eigenvalue weighted by Crippen LogP contribution is -2.51. The lowest BCUT2D eigenvalue weighted by molar-refractivity contribution is 0.309. The zero-order valence-corrected chi connectivity index (χ0v) is 13.2. The van der Waals surface area contributed by atoms with Crippen molar-refractivity contribution in [3.8, 4) is 0 Å². The summed E-state index contributed by atoms with van der Waals surface area (Å²) in [6, 6.07) is 0.195. The maximum Gasteiger partial charge on any atom is 0.262 e. The zero-order valence-electron chi connectivity index (χ0n) is 11.6. The molecule has 3 rings (SSSR count). The molecule has 0 amide bonds. The van der Waals surface area contributed by atoms with Crippen LogP contribution in [0.3, 0.4) is 0 Å². The number of rotatable bonds is 2. The van der Waals surface area contributed by atoms with Gasteiger partial charge < -0.3 is 9.88 Å². The molecule has 20 heavy (non-hydrogen) atoms. The van der Waals surface area contributed by atoms with Gasteiger partial charge in [0, 0.05) is 44.8 Å². The van der Waals surface area contributed by atoms with Crippen LogP contribution in [0.15, 0.2) is 11.2 Å². The number of imidazole rings is 1. The standard InChI is InChI=1S/C12H20N4O2S.ClH/c1-10-8-16(7-5-13-10)19(17,18)12-9-15-6-3-2-4-11(15)14-12;/h9-10,13H,2-8H2,1H3;1H/t10-;/m0./s1. The highest BCUT2D eigenvalue weighted by molar-refractivity contribution is 7.89. The van der Waals surface area contributed by atoms with Crippen LogP contribution in [0.1, 0.15) is 25.6 Å². The Hall–Kier alpha value is -0.630. The minimum atomic E-state index is -3.43. The molecule has 1 aromatic heterocycles. The van der Waals surface area contributed by atoms with Crippen molar-refractivity contribution in [1.29, 1.82) is 0 Å². The Morgan fingerprint density at radius 1 is 1.35 bits per heavy atom. The number of piperazine rings is 1. The summed E-state index contributed by atoms with van der Waals surface area (Å²) >= 11 is 0. The van der Waals surface area contributed by atoms with Gasteiger partial charge in [-0.1, -0.05) is 0 Å². The first-order valence-electron chi connectivity index (χ1n) is 6.87. The quantitative estimate of drug-likeness (QED) is 0.867. The van der Waals surface area contributed by atoms with E-state index in [-0.39, 0.29) is 23.5 Å². The van der Waals surface area contributed by atoms with E-state index in [9.17, 15) is 8.42 Å². The molecule has 3 heterocycles. The summed E-state index contributed by atoms with van der Waals surface area (Å²) in [7, 11) is -3.43. The first-order valence-corrected chi connectivity index (χ1v) is 8.31. The molecule has 1 N–H and O–H groups in total. The molecule has 0 aliphatic carbocycles. The highest BCUT2D eigenvalue weighted by Gasteiger charge is 2.31. The number of fused-ring (bicyclic) bond motifs is 1. The van der Waals surface area contributed by atoms with Gasteiger partial charge in [0.05, 0.1) is 0 Å². The lowest BCUT2D eigenvalue weighted by Gasteiger charge is -2.30. The summed E-state index contributed by atoms with van der Waals surface area (Å²) in [5.74, 6) is 0.910. The summed E-state index contributed by atoms with van der Waals surface area (Å²) in [5, 5.41) is 3.47. The Labute approximate surface area is 126 Å². The molecule has 1 fully saturated rings.